The minimum atomic E-state index is -0.270. The van der Waals surface area contributed by atoms with E-state index in [4.69, 9.17) is 12.2 Å². The lowest BCUT2D eigenvalue weighted by atomic mass is 10.1. The number of carbonyl (C=O) groups is 2. The van der Waals surface area contributed by atoms with Gasteiger partial charge in [-0.25, -0.2) is 0 Å². The maximum atomic E-state index is 12.1. The van der Waals surface area contributed by atoms with E-state index in [-0.39, 0.29) is 16.8 Å². The van der Waals surface area contributed by atoms with Gasteiger partial charge in [-0.2, -0.15) is 0 Å². The highest BCUT2D eigenvalue weighted by atomic mass is 32.1. The van der Waals surface area contributed by atoms with E-state index in [1.807, 2.05) is 12.1 Å². The Balaban J connectivity index is 1.99. The average Bonchev–Trinajstić information content (AvgIpc) is 2.55. The number of anilines is 1. The molecule has 0 aromatic heterocycles. The number of Topliss-reactive ketones (excluding diaryl/α,β-unsaturated/α-hetero) is 1. The second-order valence-electron chi connectivity index (χ2n) is 5.10. The number of rotatable bonds is 4. The Labute approximate surface area is 140 Å². The number of hydrogen-bond acceptors (Lipinski definition) is 3. The summed E-state index contributed by atoms with van der Waals surface area (Å²) in [7, 11) is 0. The van der Waals surface area contributed by atoms with E-state index in [0.29, 0.717) is 16.8 Å². The second-order valence-corrected chi connectivity index (χ2v) is 5.50. The van der Waals surface area contributed by atoms with Gasteiger partial charge in [0.25, 0.3) is 5.91 Å². The largest absolute Gasteiger partial charge is 0.332 e. The molecule has 0 fully saturated rings. The fraction of sp³-hybridized carbons (Fsp3) is 0.167. The van der Waals surface area contributed by atoms with E-state index in [2.05, 4.69) is 17.6 Å². The summed E-state index contributed by atoms with van der Waals surface area (Å²) in [6.07, 6.45) is 0.925. The van der Waals surface area contributed by atoms with E-state index >= 15 is 0 Å². The molecule has 2 N–H and O–H groups in total. The van der Waals surface area contributed by atoms with Crippen LogP contribution in [-0.2, 0) is 6.42 Å². The third kappa shape index (κ3) is 4.72. The SMILES string of the molecule is CCc1ccc(C(=O)NC(=S)Nc2cccc(C(C)=O)c2)cc1. The first kappa shape index (κ1) is 16.8. The fourth-order valence-corrected chi connectivity index (χ4v) is 2.26. The molecule has 0 saturated carbocycles. The van der Waals surface area contributed by atoms with E-state index in [1.54, 1.807) is 36.4 Å². The normalized spacial score (nSPS) is 10.0. The van der Waals surface area contributed by atoms with Crippen molar-refractivity contribution < 1.29 is 9.59 Å². The highest BCUT2D eigenvalue weighted by molar-refractivity contribution is 7.80. The van der Waals surface area contributed by atoms with Crippen LogP contribution in [0.3, 0.4) is 0 Å². The van der Waals surface area contributed by atoms with Crippen molar-refractivity contribution in [2.24, 2.45) is 0 Å². The standard InChI is InChI=1S/C18H18N2O2S/c1-3-13-7-9-14(10-8-13)17(22)20-18(23)19-16-6-4-5-15(11-16)12(2)21/h4-11H,3H2,1-2H3,(H2,19,20,22,23). The lowest BCUT2D eigenvalue weighted by molar-refractivity contribution is 0.0975. The third-order valence-electron chi connectivity index (χ3n) is 3.38. The number of thiocarbonyl (C=S) groups is 1. The molecule has 0 bridgehead atoms. The van der Waals surface area contributed by atoms with Crippen molar-refractivity contribution in [2.45, 2.75) is 20.3 Å². The zero-order chi connectivity index (χ0) is 16.8. The van der Waals surface area contributed by atoms with Crippen LogP contribution in [0.15, 0.2) is 48.5 Å². The summed E-state index contributed by atoms with van der Waals surface area (Å²) in [6, 6.07) is 14.3. The second kappa shape index (κ2) is 7.65. The first-order valence-electron chi connectivity index (χ1n) is 7.32. The van der Waals surface area contributed by atoms with Crippen LogP contribution in [0.4, 0.5) is 5.69 Å². The quantitative estimate of drug-likeness (QED) is 0.666. The van der Waals surface area contributed by atoms with E-state index in [0.717, 1.165) is 6.42 Å². The number of aryl methyl sites for hydroxylation is 1. The third-order valence-corrected chi connectivity index (χ3v) is 3.58. The molecule has 2 aromatic carbocycles. The van der Waals surface area contributed by atoms with Gasteiger partial charge in [0.2, 0.25) is 0 Å². The molecule has 23 heavy (non-hydrogen) atoms. The molecule has 0 atom stereocenters. The Morgan fingerprint density at radius 3 is 2.35 bits per heavy atom. The van der Waals surface area contributed by atoms with Gasteiger partial charge in [-0.1, -0.05) is 31.2 Å². The highest BCUT2D eigenvalue weighted by Crippen LogP contribution is 2.11. The Bertz CT molecular complexity index is 739. The highest BCUT2D eigenvalue weighted by Gasteiger charge is 2.08. The van der Waals surface area contributed by atoms with Crippen LogP contribution in [0, 0.1) is 0 Å². The van der Waals surface area contributed by atoms with Crippen molar-refractivity contribution >= 4 is 34.7 Å². The van der Waals surface area contributed by atoms with Gasteiger partial charge in [-0.05, 0) is 55.4 Å². The van der Waals surface area contributed by atoms with Gasteiger partial charge < -0.3 is 5.32 Å². The van der Waals surface area contributed by atoms with Crippen molar-refractivity contribution in [2.75, 3.05) is 5.32 Å². The molecule has 0 aliphatic carbocycles. The Kier molecular flexibility index (Phi) is 5.60. The molecule has 118 valence electrons. The van der Waals surface area contributed by atoms with Crippen molar-refractivity contribution in [1.29, 1.82) is 0 Å². The van der Waals surface area contributed by atoms with Crippen LogP contribution in [0.25, 0.3) is 0 Å². The molecule has 2 aromatic rings. The first-order chi connectivity index (χ1) is 11.0. The van der Waals surface area contributed by atoms with Gasteiger partial charge in [0, 0.05) is 16.8 Å². The van der Waals surface area contributed by atoms with E-state index in [1.165, 1.54) is 12.5 Å². The van der Waals surface area contributed by atoms with Crippen molar-refractivity contribution in [3.63, 3.8) is 0 Å². The minimum Gasteiger partial charge on any atom is -0.332 e. The van der Waals surface area contributed by atoms with E-state index < -0.39 is 0 Å². The van der Waals surface area contributed by atoms with Crippen LogP contribution >= 0.6 is 12.2 Å². The van der Waals surface area contributed by atoms with Gasteiger partial charge in [0.15, 0.2) is 10.9 Å². The molecular formula is C18H18N2O2S. The van der Waals surface area contributed by atoms with E-state index in [9.17, 15) is 9.59 Å². The summed E-state index contributed by atoms with van der Waals surface area (Å²) in [5.41, 5.74) is 2.95. The summed E-state index contributed by atoms with van der Waals surface area (Å²) in [5.74, 6) is -0.299. The number of hydrogen-bond donors (Lipinski definition) is 2. The molecule has 0 heterocycles. The smallest absolute Gasteiger partial charge is 0.257 e. The molecule has 0 radical (unpaired) electrons. The molecule has 4 nitrogen and oxygen atoms in total. The van der Waals surface area contributed by atoms with Crippen LogP contribution in [-0.4, -0.2) is 16.8 Å². The molecule has 1 amide bonds. The molecule has 0 aliphatic rings. The minimum absolute atomic E-state index is 0.0281. The van der Waals surface area contributed by atoms with Gasteiger partial charge >= 0.3 is 0 Å². The van der Waals surface area contributed by atoms with Gasteiger partial charge in [-0.3, -0.25) is 14.9 Å². The molecule has 0 saturated heterocycles. The molecular weight excluding hydrogens is 308 g/mol. The molecule has 0 aliphatic heterocycles. The number of ketones is 1. The molecule has 0 spiro atoms. The predicted octanol–water partition coefficient (Wildman–Crippen LogP) is 3.58. The number of benzene rings is 2. The maximum Gasteiger partial charge on any atom is 0.257 e. The molecule has 5 heteroatoms. The Hall–Kier alpha value is -2.53. The Morgan fingerprint density at radius 1 is 1.04 bits per heavy atom. The first-order valence-corrected chi connectivity index (χ1v) is 7.72. The topological polar surface area (TPSA) is 58.2 Å². The number of nitrogens with one attached hydrogen (secondary N) is 2. The lowest BCUT2D eigenvalue weighted by Gasteiger charge is -2.10. The zero-order valence-corrected chi connectivity index (χ0v) is 13.9. The summed E-state index contributed by atoms with van der Waals surface area (Å²) in [4.78, 5) is 23.5. The van der Waals surface area contributed by atoms with Crippen molar-refractivity contribution in [3.05, 3.63) is 65.2 Å². The van der Waals surface area contributed by atoms with Gasteiger partial charge in [0.1, 0.15) is 0 Å². The summed E-state index contributed by atoms with van der Waals surface area (Å²) < 4.78 is 0. The summed E-state index contributed by atoms with van der Waals surface area (Å²) in [5, 5.41) is 5.73. The molecule has 0 unspecified atom stereocenters. The van der Waals surface area contributed by atoms with Crippen LogP contribution < -0.4 is 10.6 Å². The van der Waals surface area contributed by atoms with Crippen LogP contribution in [0.5, 0.6) is 0 Å². The van der Waals surface area contributed by atoms with Crippen molar-refractivity contribution in [1.82, 2.24) is 5.32 Å². The zero-order valence-electron chi connectivity index (χ0n) is 13.1. The Morgan fingerprint density at radius 2 is 1.74 bits per heavy atom. The lowest BCUT2D eigenvalue weighted by Crippen LogP contribution is -2.34. The fourth-order valence-electron chi connectivity index (χ4n) is 2.05. The van der Waals surface area contributed by atoms with Gasteiger partial charge in [-0.15, -0.1) is 0 Å². The molecule has 2 rings (SSSR count). The number of carbonyl (C=O) groups excluding carboxylic acids is 2. The van der Waals surface area contributed by atoms with Gasteiger partial charge in [0.05, 0.1) is 0 Å². The predicted molar refractivity (Wildman–Crippen MR) is 96.0 cm³/mol. The maximum absolute atomic E-state index is 12.1. The van der Waals surface area contributed by atoms with Crippen molar-refractivity contribution in [3.8, 4) is 0 Å². The van der Waals surface area contributed by atoms with Crippen LogP contribution in [0.1, 0.15) is 40.1 Å². The average molecular weight is 326 g/mol. The summed E-state index contributed by atoms with van der Waals surface area (Å²) >= 11 is 5.14. The monoisotopic (exact) mass is 326 g/mol. The van der Waals surface area contributed by atoms with Crippen LogP contribution in [0.2, 0.25) is 0 Å². The summed E-state index contributed by atoms with van der Waals surface area (Å²) in [6.45, 7) is 3.56. The number of amides is 1.